The third-order valence-electron chi connectivity index (χ3n) is 4.98. The monoisotopic (exact) mass is 363 g/mol. The number of nitrogens with zero attached hydrogens (tertiary/aromatic N) is 4. The first-order valence-electron chi connectivity index (χ1n) is 8.76. The zero-order valence-electron chi connectivity index (χ0n) is 14.6. The molecule has 1 atom stereocenters. The van der Waals surface area contributed by atoms with Gasteiger partial charge in [-0.25, -0.2) is 19.3 Å². The number of aromatic amines is 1. The molecule has 5 rings (SSSR count). The maximum absolute atomic E-state index is 12.6. The van der Waals surface area contributed by atoms with Crippen LogP contribution >= 0.6 is 0 Å². The minimum absolute atomic E-state index is 0.352. The van der Waals surface area contributed by atoms with Crippen LogP contribution in [0.15, 0.2) is 41.5 Å². The third-order valence-corrected chi connectivity index (χ3v) is 4.98. The third kappa shape index (κ3) is 2.41. The summed E-state index contributed by atoms with van der Waals surface area (Å²) in [7, 11) is 0. The highest BCUT2D eigenvalue weighted by Crippen LogP contribution is 2.32. The summed E-state index contributed by atoms with van der Waals surface area (Å²) < 4.78 is 7.36. The number of aliphatic hydroxyl groups is 1. The van der Waals surface area contributed by atoms with Crippen molar-refractivity contribution in [2.24, 2.45) is 0 Å². The van der Waals surface area contributed by atoms with E-state index in [1.54, 1.807) is 43.6 Å². The number of nitrogens with one attached hydrogen (secondary N) is 1. The molecule has 136 valence electrons. The molecule has 8 nitrogen and oxygen atoms in total. The van der Waals surface area contributed by atoms with E-state index in [9.17, 15) is 9.90 Å². The second-order valence-electron chi connectivity index (χ2n) is 6.89. The topological polar surface area (TPSA) is 106 Å². The Kier molecular flexibility index (Phi) is 3.32. The number of fused-ring (bicyclic) bond motifs is 2. The predicted molar refractivity (Wildman–Crippen MR) is 99.1 cm³/mol. The number of hydrogen-bond acceptors (Lipinski definition) is 6. The van der Waals surface area contributed by atoms with Crippen molar-refractivity contribution < 1.29 is 9.84 Å². The predicted octanol–water partition coefficient (Wildman–Crippen LogP) is 2.04. The Morgan fingerprint density at radius 3 is 2.96 bits per heavy atom. The summed E-state index contributed by atoms with van der Waals surface area (Å²) in [5.74, 6) is 0.967. The van der Waals surface area contributed by atoms with Crippen molar-refractivity contribution in [3.05, 3.63) is 52.7 Å². The lowest BCUT2D eigenvalue weighted by Crippen LogP contribution is -2.24. The van der Waals surface area contributed by atoms with Crippen LogP contribution in [0.25, 0.3) is 28.0 Å². The van der Waals surface area contributed by atoms with Crippen LogP contribution < -0.4 is 10.4 Å². The van der Waals surface area contributed by atoms with E-state index in [2.05, 4.69) is 19.9 Å². The molecule has 27 heavy (non-hydrogen) atoms. The Morgan fingerprint density at radius 2 is 2.07 bits per heavy atom. The van der Waals surface area contributed by atoms with Crippen molar-refractivity contribution in [3.8, 4) is 11.6 Å². The second kappa shape index (κ2) is 5.62. The Labute approximate surface area is 153 Å². The van der Waals surface area contributed by atoms with Crippen LogP contribution in [0.4, 0.5) is 0 Å². The van der Waals surface area contributed by atoms with Crippen LogP contribution in [0.3, 0.4) is 0 Å². The zero-order chi connectivity index (χ0) is 18.6. The molecule has 1 aliphatic rings. The summed E-state index contributed by atoms with van der Waals surface area (Å²) in [5, 5.41) is 11.0. The molecule has 4 aromatic rings. The molecule has 0 amide bonds. The van der Waals surface area contributed by atoms with Gasteiger partial charge in [-0.2, -0.15) is 0 Å². The maximum Gasteiger partial charge on any atom is 0.333 e. The Morgan fingerprint density at radius 1 is 1.22 bits per heavy atom. The standard InChI is InChI=1S/C19H17N5O3/c1-19(26)7-2-10-27-13-6-9-21-17-16(13)24(18(25)23-17)14-4-3-12-15(22-14)11(19)5-8-20-12/h3-6,8-9,26H,2,7,10H2,1H3,(H,21,23,25)/t19-/m0/s1. The number of aromatic nitrogens is 5. The van der Waals surface area contributed by atoms with Crippen LogP contribution in [0.5, 0.6) is 5.75 Å². The van der Waals surface area contributed by atoms with Crippen molar-refractivity contribution in [2.45, 2.75) is 25.4 Å². The molecule has 0 spiro atoms. The Hall–Kier alpha value is -3.26. The van der Waals surface area contributed by atoms with Crippen molar-refractivity contribution >= 4 is 22.2 Å². The molecule has 2 bridgehead atoms. The molecule has 0 saturated heterocycles. The summed E-state index contributed by atoms with van der Waals surface area (Å²) >= 11 is 0. The maximum atomic E-state index is 12.6. The minimum Gasteiger partial charge on any atom is -0.491 e. The SMILES string of the molecule is C[C@]1(O)CCCOc2ccnc3[nH]c(=O)n(c23)-c2ccc3nccc1c3n2. The van der Waals surface area contributed by atoms with E-state index in [1.807, 2.05) is 0 Å². The van der Waals surface area contributed by atoms with Gasteiger partial charge in [0.15, 0.2) is 5.65 Å². The van der Waals surface area contributed by atoms with Gasteiger partial charge in [-0.3, -0.25) is 9.97 Å². The first-order chi connectivity index (χ1) is 13.0. The van der Waals surface area contributed by atoms with Gasteiger partial charge < -0.3 is 9.84 Å². The molecule has 0 fully saturated rings. The molecule has 2 N–H and O–H groups in total. The molecule has 1 aliphatic heterocycles. The average molecular weight is 363 g/mol. The Balaban J connectivity index is 1.90. The lowest BCUT2D eigenvalue weighted by atomic mass is 9.90. The molecule has 8 heteroatoms. The average Bonchev–Trinajstić information content (AvgIpc) is 3.00. The molecular formula is C19H17N5O3. The summed E-state index contributed by atoms with van der Waals surface area (Å²) in [6.07, 6.45) is 4.40. The van der Waals surface area contributed by atoms with Gasteiger partial charge in [-0.05, 0) is 38.0 Å². The normalized spacial score (nSPS) is 19.6. The van der Waals surface area contributed by atoms with Gasteiger partial charge in [-0.15, -0.1) is 0 Å². The van der Waals surface area contributed by atoms with E-state index < -0.39 is 5.60 Å². The van der Waals surface area contributed by atoms with Crippen molar-refractivity contribution in [1.82, 2.24) is 24.5 Å². The number of pyridine rings is 3. The summed E-state index contributed by atoms with van der Waals surface area (Å²) in [5.41, 5.74) is 1.47. The van der Waals surface area contributed by atoms with Gasteiger partial charge in [-0.1, -0.05) is 0 Å². The fraction of sp³-hybridized carbons (Fsp3) is 0.263. The smallest absolute Gasteiger partial charge is 0.333 e. The molecule has 5 heterocycles. The van der Waals surface area contributed by atoms with Gasteiger partial charge in [0.25, 0.3) is 0 Å². The van der Waals surface area contributed by atoms with E-state index in [0.29, 0.717) is 58.8 Å². The van der Waals surface area contributed by atoms with E-state index in [4.69, 9.17) is 4.74 Å². The quantitative estimate of drug-likeness (QED) is 0.495. The summed E-state index contributed by atoms with van der Waals surface area (Å²) in [6, 6.07) is 7.02. The molecule has 0 unspecified atom stereocenters. The minimum atomic E-state index is -1.09. The highest BCUT2D eigenvalue weighted by molar-refractivity contribution is 5.82. The summed E-state index contributed by atoms with van der Waals surface area (Å²) in [6.45, 7) is 2.17. The molecule has 0 radical (unpaired) electrons. The number of imidazole rings is 1. The van der Waals surface area contributed by atoms with E-state index >= 15 is 0 Å². The molecule has 0 aromatic carbocycles. The van der Waals surface area contributed by atoms with E-state index in [0.717, 1.165) is 0 Å². The van der Waals surface area contributed by atoms with Crippen LogP contribution in [0.2, 0.25) is 0 Å². The zero-order valence-corrected chi connectivity index (χ0v) is 14.6. The van der Waals surface area contributed by atoms with Crippen LogP contribution in [0.1, 0.15) is 25.3 Å². The van der Waals surface area contributed by atoms with E-state index in [1.165, 1.54) is 4.57 Å². The molecule has 0 saturated carbocycles. The number of hydrogen-bond donors (Lipinski definition) is 2. The largest absolute Gasteiger partial charge is 0.491 e. The van der Waals surface area contributed by atoms with Crippen molar-refractivity contribution in [2.75, 3.05) is 6.61 Å². The van der Waals surface area contributed by atoms with Gasteiger partial charge in [0, 0.05) is 24.0 Å². The van der Waals surface area contributed by atoms with Crippen LogP contribution in [0, 0.1) is 0 Å². The van der Waals surface area contributed by atoms with Gasteiger partial charge in [0.1, 0.15) is 17.1 Å². The lowest BCUT2D eigenvalue weighted by Gasteiger charge is -2.25. The summed E-state index contributed by atoms with van der Waals surface area (Å²) in [4.78, 5) is 28.6. The molecule has 4 aromatic heterocycles. The lowest BCUT2D eigenvalue weighted by molar-refractivity contribution is 0.0427. The van der Waals surface area contributed by atoms with Crippen molar-refractivity contribution in [1.29, 1.82) is 0 Å². The first kappa shape index (κ1) is 16.0. The van der Waals surface area contributed by atoms with Gasteiger partial charge >= 0.3 is 5.69 Å². The van der Waals surface area contributed by atoms with Crippen LogP contribution in [-0.4, -0.2) is 36.2 Å². The Bertz CT molecular complexity index is 1240. The fourth-order valence-corrected chi connectivity index (χ4v) is 3.64. The van der Waals surface area contributed by atoms with Crippen molar-refractivity contribution in [3.63, 3.8) is 0 Å². The highest BCUT2D eigenvalue weighted by atomic mass is 16.5. The fourth-order valence-electron chi connectivity index (χ4n) is 3.64. The first-order valence-corrected chi connectivity index (χ1v) is 8.76. The second-order valence-corrected chi connectivity index (χ2v) is 6.89. The number of rotatable bonds is 0. The van der Waals surface area contributed by atoms with Crippen LogP contribution in [-0.2, 0) is 5.60 Å². The highest BCUT2D eigenvalue weighted by Gasteiger charge is 2.27. The molecular weight excluding hydrogens is 346 g/mol. The number of ether oxygens (including phenoxy) is 1. The van der Waals surface area contributed by atoms with Gasteiger partial charge in [0.05, 0.1) is 23.2 Å². The van der Waals surface area contributed by atoms with E-state index in [-0.39, 0.29) is 5.69 Å². The van der Waals surface area contributed by atoms with Gasteiger partial charge in [0.2, 0.25) is 0 Å². The molecule has 0 aliphatic carbocycles. The number of H-pyrrole nitrogens is 1.